The lowest BCUT2D eigenvalue weighted by Crippen LogP contribution is -2.29. The molecule has 1 aromatic heterocycles. The SMILES string of the molecule is Nc1cncc(C(=O)NCCOCC(F)(F)F)n1. The lowest BCUT2D eigenvalue weighted by Gasteiger charge is -2.08. The Hall–Kier alpha value is -1.90. The number of carbonyl (C=O) groups is 1. The first-order valence-electron chi connectivity index (χ1n) is 4.89. The van der Waals surface area contributed by atoms with E-state index in [4.69, 9.17) is 5.73 Å². The normalized spacial score (nSPS) is 11.3. The van der Waals surface area contributed by atoms with Gasteiger partial charge in [-0.2, -0.15) is 13.2 Å². The number of anilines is 1. The third-order valence-corrected chi connectivity index (χ3v) is 1.68. The molecule has 9 heteroatoms. The second kappa shape index (κ2) is 6.15. The summed E-state index contributed by atoms with van der Waals surface area (Å²) in [5.41, 5.74) is 5.31. The molecule has 18 heavy (non-hydrogen) atoms. The van der Waals surface area contributed by atoms with Gasteiger partial charge < -0.3 is 15.8 Å². The minimum absolute atomic E-state index is 0.00850. The highest BCUT2D eigenvalue weighted by Gasteiger charge is 2.27. The number of rotatable bonds is 5. The van der Waals surface area contributed by atoms with E-state index in [0.29, 0.717) is 0 Å². The molecule has 0 bridgehead atoms. The van der Waals surface area contributed by atoms with Crippen molar-refractivity contribution in [3.8, 4) is 0 Å². The van der Waals surface area contributed by atoms with Gasteiger partial charge in [0.25, 0.3) is 5.91 Å². The standard InChI is InChI=1S/C9H11F3N4O2/c10-9(11,12)5-18-2-1-15-8(17)6-3-14-4-7(13)16-6/h3-4H,1-2,5H2,(H2,13,16)(H,15,17). The smallest absolute Gasteiger partial charge is 0.382 e. The van der Waals surface area contributed by atoms with Gasteiger partial charge in [-0.1, -0.05) is 0 Å². The average molecular weight is 264 g/mol. The molecule has 0 spiro atoms. The van der Waals surface area contributed by atoms with Crippen LogP contribution < -0.4 is 11.1 Å². The summed E-state index contributed by atoms with van der Waals surface area (Å²) in [6, 6.07) is 0. The quantitative estimate of drug-likeness (QED) is 0.750. The van der Waals surface area contributed by atoms with E-state index >= 15 is 0 Å². The summed E-state index contributed by atoms with van der Waals surface area (Å²) in [5.74, 6) is -0.499. The van der Waals surface area contributed by atoms with Crippen LogP contribution in [-0.2, 0) is 4.74 Å². The second-order valence-corrected chi connectivity index (χ2v) is 3.25. The van der Waals surface area contributed by atoms with Gasteiger partial charge in [0.1, 0.15) is 18.1 Å². The topological polar surface area (TPSA) is 90.1 Å². The maximum atomic E-state index is 11.7. The van der Waals surface area contributed by atoms with Crippen molar-refractivity contribution in [1.29, 1.82) is 0 Å². The van der Waals surface area contributed by atoms with Crippen molar-refractivity contribution in [2.24, 2.45) is 0 Å². The second-order valence-electron chi connectivity index (χ2n) is 3.25. The third-order valence-electron chi connectivity index (χ3n) is 1.68. The van der Waals surface area contributed by atoms with Gasteiger partial charge in [-0.3, -0.25) is 9.78 Å². The Morgan fingerprint density at radius 3 is 2.78 bits per heavy atom. The molecule has 0 saturated carbocycles. The molecule has 0 unspecified atom stereocenters. The van der Waals surface area contributed by atoms with E-state index in [1.807, 2.05) is 0 Å². The van der Waals surface area contributed by atoms with Crippen LogP contribution in [0.2, 0.25) is 0 Å². The predicted octanol–water partition coefficient (Wildman–Crippen LogP) is 0.367. The molecule has 0 aliphatic rings. The molecule has 1 heterocycles. The molecule has 3 N–H and O–H groups in total. The van der Waals surface area contributed by atoms with Crippen molar-refractivity contribution in [3.63, 3.8) is 0 Å². The minimum Gasteiger partial charge on any atom is -0.382 e. The van der Waals surface area contributed by atoms with E-state index in [1.54, 1.807) is 0 Å². The number of hydrogen-bond acceptors (Lipinski definition) is 5. The number of nitrogens with two attached hydrogens (primary N) is 1. The molecule has 0 atom stereocenters. The number of halogens is 3. The van der Waals surface area contributed by atoms with Crippen LogP contribution in [0.1, 0.15) is 10.5 Å². The van der Waals surface area contributed by atoms with Gasteiger partial charge in [-0.15, -0.1) is 0 Å². The van der Waals surface area contributed by atoms with Crippen LogP contribution in [0.4, 0.5) is 19.0 Å². The summed E-state index contributed by atoms with van der Waals surface area (Å²) in [4.78, 5) is 18.8. The van der Waals surface area contributed by atoms with Gasteiger partial charge in [0.15, 0.2) is 0 Å². The van der Waals surface area contributed by atoms with Crippen molar-refractivity contribution in [2.75, 3.05) is 25.5 Å². The van der Waals surface area contributed by atoms with Crippen LogP contribution in [0, 0.1) is 0 Å². The lowest BCUT2D eigenvalue weighted by molar-refractivity contribution is -0.173. The zero-order chi connectivity index (χ0) is 13.6. The first kappa shape index (κ1) is 14.2. The number of ether oxygens (including phenoxy) is 1. The van der Waals surface area contributed by atoms with Gasteiger partial charge in [-0.25, -0.2) is 4.98 Å². The minimum atomic E-state index is -4.37. The van der Waals surface area contributed by atoms with Gasteiger partial charge >= 0.3 is 6.18 Å². The molecule has 100 valence electrons. The van der Waals surface area contributed by atoms with Crippen LogP contribution in [0.5, 0.6) is 0 Å². The number of nitrogen functional groups attached to an aromatic ring is 1. The van der Waals surface area contributed by atoms with Crippen molar-refractivity contribution in [2.45, 2.75) is 6.18 Å². The Bertz CT molecular complexity index is 411. The fraction of sp³-hybridized carbons (Fsp3) is 0.444. The van der Waals surface area contributed by atoms with Crippen molar-refractivity contribution in [3.05, 3.63) is 18.1 Å². The predicted molar refractivity (Wildman–Crippen MR) is 55.7 cm³/mol. The average Bonchev–Trinajstić information content (AvgIpc) is 2.26. The first-order chi connectivity index (χ1) is 8.38. The maximum Gasteiger partial charge on any atom is 0.411 e. The first-order valence-corrected chi connectivity index (χ1v) is 4.89. The monoisotopic (exact) mass is 264 g/mol. The third kappa shape index (κ3) is 5.43. The Labute approximate surface area is 100 Å². The number of nitrogens with one attached hydrogen (secondary N) is 1. The zero-order valence-corrected chi connectivity index (χ0v) is 9.20. The molecule has 0 radical (unpaired) electrons. The summed E-state index contributed by atoms with van der Waals surface area (Å²) in [5, 5.41) is 2.32. The van der Waals surface area contributed by atoms with Gasteiger partial charge in [-0.05, 0) is 0 Å². The summed E-state index contributed by atoms with van der Waals surface area (Å²) >= 11 is 0. The Balaban J connectivity index is 2.26. The van der Waals surface area contributed by atoms with Crippen LogP contribution in [-0.4, -0.2) is 41.8 Å². The van der Waals surface area contributed by atoms with E-state index in [2.05, 4.69) is 20.0 Å². The van der Waals surface area contributed by atoms with E-state index in [1.165, 1.54) is 12.4 Å². The van der Waals surface area contributed by atoms with Crippen LogP contribution in [0.15, 0.2) is 12.4 Å². The number of alkyl halides is 3. The summed E-state index contributed by atoms with van der Waals surface area (Å²) in [7, 11) is 0. The van der Waals surface area contributed by atoms with Crippen LogP contribution in [0.3, 0.4) is 0 Å². The number of aromatic nitrogens is 2. The fourth-order valence-corrected chi connectivity index (χ4v) is 1.01. The highest BCUT2D eigenvalue weighted by atomic mass is 19.4. The molecule has 1 aromatic rings. The highest BCUT2D eigenvalue weighted by Crippen LogP contribution is 2.13. The molecule has 0 aromatic carbocycles. The van der Waals surface area contributed by atoms with Crippen LogP contribution >= 0.6 is 0 Å². The number of nitrogens with zero attached hydrogens (tertiary/aromatic N) is 2. The van der Waals surface area contributed by atoms with Crippen molar-refractivity contribution in [1.82, 2.24) is 15.3 Å². The number of hydrogen-bond donors (Lipinski definition) is 2. The van der Waals surface area contributed by atoms with E-state index in [-0.39, 0.29) is 24.7 Å². The summed E-state index contributed by atoms with van der Waals surface area (Å²) in [6.07, 6.45) is -1.91. The molecular formula is C9H11F3N4O2. The highest BCUT2D eigenvalue weighted by molar-refractivity contribution is 5.92. The van der Waals surface area contributed by atoms with Crippen molar-refractivity contribution < 1.29 is 22.7 Å². The van der Waals surface area contributed by atoms with Gasteiger partial charge in [0, 0.05) is 6.54 Å². The Morgan fingerprint density at radius 2 is 2.17 bits per heavy atom. The summed E-state index contributed by atoms with van der Waals surface area (Å²) < 4.78 is 39.4. The van der Waals surface area contributed by atoms with E-state index in [9.17, 15) is 18.0 Å². The molecular weight excluding hydrogens is 253 g/mol. The van der Waals surface area contributed by atoms with Gasteiger partial charge in [0.05, 0.1) is 19.0 Å². The molecule has 1 rings (SSSR count). The summed E-state index contributed by atoms with van der Waals surface area (Å²) in [6.45, 7) is -1.66. The Kier molecular flexibility index (Phi) is 4.84. The van der Waals surface area contributed by atoms with Crippen molar-refractivity contribution >= 4 is 11.7 Å². The Morgan fingerprint density at radius 1 is 1.44 bits per heavy atom. The molecule has 0 aliphatic heterocycles. The zero-order valence-electron chi connectivity index (χ0n) is 9.20. The molecule has 0 fully saturated rings. The van der Waals surface area contributed by atoms with E-state index in [0.717, 1.165) is 0 Å². The molecule has 1 amide bonds. The largest absolute Gasteiger partial charge is 0.411 e. The number of amides is 1. The fourth-order valence-electron chi connectivity index (χ4n) is 1.01. The van der Waals surface area contributed by atoms with E-state index < -0.39 is 18.7 Å². The number of carbonyl (C=O) groups excluding carboxylic acids is 1. The van der Waals surface area contributed by atoms with Gasteiger partial charge in [0.2, 0.25) is 0 Å². The molecule has 6 nitrogen and oxygen atoms in total. The maximum absolute atomic E-state index is 11.7. The van der Waals surface area contributed by atoms with Crippen LogP contribution in [0.25, 0.3) is 0 Å². The lowest BCUT2D eigenvalue weighted by atomic mass is 10.4. The molecule has 0 aliphatic carbocycles. The molecule has 0 saturated heterocycles.